The molecule has 1 heterocycles. The van der Waals surface area contributed by atoms with Crippen LogP contribution in [0.5, 0.6) is 5.88 Å². The Balaban J connectivity index is 2.19. The lowest BCUT2D eigenvalue weighted by molar-refractivity contribution is -0.121. The lowest BCUT2D eigenvalue weighted by atomic mass is 10.1. The Morgan fingerprint density at radius 1 is 1.26 bits per heavy atom. The number of H-pyrrole nitrogens is 1. The third-order valence-corrected chi connectivity index (χ3v) is 4.57. The van der Waals surface area contributed by atoms with Gasteiger partial charge in [-0.2, -0.15) is 5.10 Å². The molecule has 0 saturated carbocycles. The van der Waals surface area contributed by atoms with Crippen LogP contribution in [-0.4, -0.2) is 26.8 Å². The fourth-order valence-electron chi connectivity index (χ4n) is 2.42. The molecule has 0 fully saturated rings. The van der Waals surface area contributed by atoms with Crippen molar-refractivity contribution < 1.29 is 9.90 Å². The monoisotopic (exact) mass is 484 g/mol. The summed E-state index contributed by atoms with van der Waals surface area (Å²) >= 11 is 2.11. The van der Waals surface area contributed by atoms with E-state index in [0.717, 1.165) is 40.0 Å². The fourth-order valence-corrected chi connectivity index (χ4v) is 2.78. The van der Waals surface area contributed by atoms with Gasteiger partial charge in [0.2, 0.25) is 11.8 Å². The highest BCUT2D eigenvalue weighted by Gasteiger charge is 2.14. The number of hydrazone groups is 1. The van der Waals surface area contributed by atoms with E-state index in [9.17, 15) is 19.5 Å². The van der Waals surface area contributed by atoms with Gasteiger partial charge in [-0.3, -0.25) is 14.6 Å². The quantitative estimate of drug-likeness (QED) is 0.231. The number of hydrogen-bond donors (Lipinski definition) is 3. The Kier molecular flexibility index (Phi) is 7.77. The normalized spacial score (nSPS) is 11.0. The highest BCUT2D eigenvalue weighted by atomic mass is 127. The number of benzene rings is 1. The molecule has 2 rings (SSSR count). The summed E-state index contributed by atoms with van der Waals surface area (Å²) in [6.07, 6.45) is 5.24. The van der Waals surface area contributed by atoms with Crippen LogP contribution >= 0.6 is 22.6 Å². The Morgan fingerprint density at radius 3 is 2.63 bits per heavy atom. The Labute approximate surface area is 169 Å². The van der Waals surface area contributed by atoms with Gasteiger partial charge in [0.25, 0.3) is 5.56 Å². The van der Waals surface area contributed by atoms with Gasteiger partial charge in [-0.15, -0.1) is 0 Å². The summed E-state index contributed by atoms with van der Waals surface area (Å²) in [5, 5.41) is 14.1. The van der Waals surface area contributed by atoms with Gasteiger partial charge in [-0.25, -0.2) is 14.8 Å². The molecule has 1 amide bonds. The van der Waals surface area contributed by atoms with Gasteiger partial charge in [0.1, 0.15) is 5.56 Å². The zero-order valence-corrected chi connectivity index (χ0v) is 17.0. The first-order valence-electron chi connectivity index (χ1n) is 8.60. The second-order valence-electron chi connectivity index (χ2n) is 5.91. The van der Waals surface area contributed by atoms with Crippen molar-refractivity contribution in [1.82, 2.24) is 15.0 Å². The third kappa shape index (κ3) is 5.78. The van der Waals surface area contributed by atoms with E-state index in [4.69, 9.17) is 0 Å². The summed E-state index contributed by atoms with van der Waals surface area (Å²) in [6.45, 7) is 2.09. The molecule has 2 aromatic rings. The molecule has 0 saturated heterocycles. The van der Waals surface area contributed by atoms with Gasteiger partial charge in [0.05, 0.1) is 11.9 Å². The smallest absolute Gasteiger partial charge is 0.335 e. The number of carbonyl (C=O) groups excluding carboxylic acids is 1. The number of hydrogen-bond acceptors (Lipinski definition) is 5. The van der Waals surface area contributed by atoms with Gasteiger partial charge in [-0.1, -0.05) is 26.2 Å². The zero-order chi connectivity index (χ0) is 19.8. The molecule has 0 spiro atoms. The van der Waals surface area contributed by atoms with Gasteiger partial charge >= 0.3 is 5.69 Å². The molecule has 1 aromatic heterocycles. The Hall–Kier alpha value is -2.43. The summed E-state index contributed by atoms with van der Waals surface area (Å²) in [6, 6.07) is 6.80. The minimum absolute atomic E-state index is 0.223. The number of nitrogens with zero attached hydrogens (tertiary/aromatic N) is 2. The maximum absolute atomic E-state index is 12.1. The topological polar surface area (TPSA) is 117 Å². The molecule has 1 aromatic carbocycles. The standard InChI is InChI=1S/C18H21IN4O4/c1-2-3-4-5-6-15(24)22-20-11-14-16(25)21-18(27)23(17(14)26)13-9-7-12(19)8-10-13/h7-11,26H,2-6H2,1H3,(H,22,24)(H,21,25,27)/b20-11-. The SMILES string of the molecule is CCCCCCC(=O)N/N=C\c1c(O)n(-c2ccc(I)cc2)c(=O)[nH]c1=O. The summed E-state index contributed by atoms with van der Waals surface area (Å²) in [5.74, 6) is -0.824. The molecule has 0 atom stereocenters. The van der Waals surface area contributed by atoms with Crippen molar-refractivity contribution in [2.75, 3.05) is 0 Å². The molecule has 144 valence electrons. The summed E-state index contributed by atoms with van der Waals surface area (Å²) in [5.41, 5.74) is 0.932. The highest BCUT2D eigenvalue weighted by molar-refractivity contribution is 14.1. The van der Waals surface area contributed by atoms with Crippen molar-refractivity contribution >= 4 is 34.7 Å². The number of aromatic nitrogens is 2. The Bertz CT molecular complexity index is 932. The number of amides is 1. The number of aromatic amines is 1. The number of rotatable bonds is 8. The van der Waals surface area contributed by atoms with Crippen LogP contribution in [0.2, 0.25) is 0 Å². The molecule has 0 unspecified atom stereocenters. The zero-order valence-electron chi connectivity index (χ0n) is 14.9. The lowest BCUT2D eigenvalue weighted by Crippen LogP contribution is -2.31. The molecule has 0 aliphatic carbocycles. The average molecular weight is 484 g/mol. The average Bonchev–Trinajstić information content (AvgIpc) is 2.63. The molecule has 0 radical (unpaired) electrons. The van der Waals surface area contributed by atoms with E-state index >= 15 is 0 Å². The number of carbonyl (C=O) groups is 1. The van der Waals surface area contributed by atoms with Crippen molar-refractivity contribution in [2.24, 2.45) is 5.10 Å². The predicted octanol–water partition coefficient (Wildman–Crippen LogP) is 2.26. The Morgan fingerprint density at radius 2 is 1.96 bits per heavy atom. The summed E-state index contributed by atoms with van der Waals surface area (Å²) in [4.78, 5) is 37.9. The number of unbranched alkanes of at least 4 members (excludes halogenated alkanes) is 3. The van der Waals surface area contributed by atoms with E-state index in [-0.39, 0.29) is 11.5 Å². The molecule has 8 nitrogen and oxygen atoms in total. The van der Waals surface area contributed by atoms with Crippen molar-refractivity contribution in [3.05, 3.63) is 54.2 Å². The lowest BCUT2D eigenvalue weighted by Gasteiger charge is -2.09. The van der Waals surface area contributed by atoms with Crippen LogP contribution in [-0.2, 0) is 4.79 Å². The first-order valence-corrected chi connectivity index (χ1v) is 9.68. The van der Waals surface area contributed by atoms with Crippen molar-refractivity contribution in [2.45, 2.75) is 39.0 Å². The van der Waals surface area contributed by atoms with Gasteiger partial charge in [-0.05, 0) is 53.3 Å². The van der Waals surface area contributed by atoms with Crippen LogP contribution in [0.25, 0.3) is 5.69 Å². The minimum atomic E-state index is -0.791. The molecule has 3 N–H and O–H groups in total. The van der Waals surface area contributed by atoms with Crippen LogP contribution in [0, 0.1) is 3.57 Å². The predicted molar refractivity (Wildman–Crippen MR) is 112 cm³/mol. The first-order chi connectivity index (χ1) is 12.9. The van der Waals surface area contributed by atoms with Crippen LogP contribution in [0.15, 0.2) is 39.0 Å². The molecule has 0 aliphatic heterocycles. The minimum Gasteiger partial charge on any atom is -0.493 e. The largest absolute Gasteiger partial charge is 0.493 e. The maximum atomic E-state index is 12.1. The third-order valence-electron chi connectivity index (χ3n) is 3.85. The first kappa shape index (κ1) is 20.9. The van der Waals surface area contributed by atoms with Crippen molar-refractivity contribution in [1.29, 1.82) is 0 Å². The fraction of sp³-hybridized carbons (Fsp3) is 0.333. The summed E-state index contributed by atoms with van der Waals surface area (Å²) < 4.78 is 1.92. The van der Waals surface area contributed by atoms with Crippen molar-refractivity contribution in [3.8, 4) is 11.6 Å². The maximum Gasteiger partial charge on any atom is 0.335 e. The van der Waals surface area contributed by atoms with Crippen LogP contribution < -0.4 is 16.7 Å². The van der Waals surface area contributed by atoms with Crippen LogP contribution in [0.1, 0.15) is 44.6 Å². The van der Waals surface area contributed by atoms with Gasteiger partial charge in [0.15, 0.2) is 0 Å². The molecular formula is C18H21IN4O4. The second kappa shape index (κ2) is 10.0. The number of nitrogens with one attached hydrogen (secondary N) is 2. The number of aromatic hydroxyl groups is 1. The van der Waals surface area contributed by atoms with E-state index in [1.54, 1.807) is 24.3 Å². The van der Waals surface area contributed by atoms with E-state index in [2.05, 4.69) is 45.0 Å². The summed E-state index contributed by atoms with van der Waals surface area (Å²) in [7, 11) is 0. The second-order valence-corrected chi connectivity index (χ2v) is 7.16. The van der Waals surface area contributed by atoms with Crippen LogP contribution in [0.4, 0.5) is 0 Å². The molecule has 0 bridgehead atoms. The molecule has 9 heteroatoms. The van der Waals surface area contributed by atoms with Gasteiger partial charge < -0.3 is 5.11 Å². The van der Waals surface area contributed by atoms with Gasteiger partial charge in [0, 0.05) is 9.99 Å². The van der Waals surface area contributed by atoms with E-state index in [1.807, 2.05) is 0 Å². The highest BCUT2D eigenvalue weighted by Crippen LogP contribution is 2.16. The number of halogens is 1. The molecular weight excluding hydrogens is 463 g/mol. The molecule has 27 heavy (non-hydrogen) atoms. The van der Waals surface area contributed by atoms with E-state index < -0.39 is 17.1 Å². The van der Waals surface area contributed by atoms with E-state index in [0.29, 0.717) is 12.1 Å². The molecule has 0 aliphatic rings. The van der Waals surface area contributed by atoms with E-state index in [1.165, 1.54) is 0 Å². The van der Waals surface area contributed by atoms with Crippen LogP contribution in [0.3, 0.4) is 0 Å². The van der Waals surface area contributed by atoms with Crippen molar-refractivity contribution in [3.63, 3.8) is 0 Å².